The first-order valence-electron chi connectivity index (χ1n) is 9.79. The highest BCUT2D eigenvalue weighted by molar-refractivity contribution is 6.03. The number of amides is 1. The number of hydrogen-bond donors (Lipinski definition) is 2. The Morgan fingerprint density at radius 2 is 1.79 bits per heavy atom. The van der Waals surface area contributed by atoms with Crippen LogP contribution in [-0.4, -0.2) is 23.2 Å². The van der Waals surface area contributed by atoms with E-state index in [1.165, 1.54) is 23.8 Å². The van der Waals surface area contributed by atoms with Crippen molar-refractivity contribution < 1.29 is 19.4 Å². The molecule has 2 aromatic carbocycles. The normalized spacial score (nSPS) is 17.3. The second-order valence-electron chi connectivity index (χ2n) is 8.02. The molecule has 0 bridgehead atoms. The Bertz CT molecular complexity index is 1050. The number of phenolic OH excluding ortho intramolecular Hbond substituents is 2. The molecule has 0 saturated heterocycles. The van der Waals surface area contributed by atoms with Gasteiger partial charge in [-0.05, 0) is 74.1 Å². The molecule has 29 heavy (non-hydrogen) atoms. The van der Waals surface area contributed by atoms with Gasteiger partial charge < -0.3 is 15.1 Å². The van der Waals surface area contributed by atoms with Crippen LogP contribution >= 0.6 is 0 Å². The SMILES string of the molecule is CC1=CC=C(c2cc(N(C)C(=O)C3(c4ccc(O)c(O)c4)CC3)ccc2F)CC1. The lowest BCUT2D eigenvalue weighted by Gasteiger charge is -2.25. The molecule has 2 aliphatic carbocycles. The van der Waals surface area contributed by atoms with Crippen LogP contribution in [0.4, 0.5) is 10.1 Å². The molecule has 0 spiro atoms. The van der Waals surface area contributed by atoms with Gasteiger partial charge in [0, 0.05) is 18.3 Å². The van der Waals surface area contributed by atoms with E-state index in [-0.39, 0.29) is 23.2 Å². The predicted octanol–water partition coefficient (Wildman–Crippen LogP) is 5.06. The molecule has 0 aromatic heterocycles. The number of nitrogens with zero attached hydrogens (tertiary/aromatic N) is 1. The van der Waals surface area contributed by atoms with Crippen molar-refractivity contribution in [2.75, 3.05) is 11.9 Å². The van der Waals surface area contributed by atoms with Gasteiger partial charge in [0.05, 0.1) is 5.41 Å². The summed E-state index contributed by atoms with van der Waals surface area (Å²) < 4.78 is 14.5. The number of hydrogen-bond acceptors (Lipinski definition) is 3. The molecule has 4 rings (SSSR count). The number of carbonyl (C=O) groups is 1. The molecule has 2 N–H and O–H groups in total. The molecule has 4 nitrogen and oxygen atoms in total. The van der Waals surface area contributed by atoms with Crippen molar-refractivity contribution in [3.8, 4) is 11.5 Å². The highest BCUT2D eigenvalue weighted by Crippen LogP contribution is 2.51. The minimum Gasteiger partial charge on any atom is -0.504 e. The molecule has 0 unspecified atom stereocenters. The number of aromatic hydroxyl groups is 2. The topological polar surface area (TPSA) is 60.8 Å². The number of anilines is 1. The van der Waals surface area contributed by atoms with Gasteiger partial charge in [-0.15, -0.1) is 0 Å². The van der Waals surface area contributed by atoms with Crippen molar-refractivity contribution in [3.05, 3.63) is 71.1 Å². The molecule has 0 heterocycles. The molecule has 5 heteroatoms. The Morgan fingerprint density at radius 3 is 2.41 bits per heavy atom. The molecule has 1 fully saturated rings. The zero-order chi connectivity index (χ0) is 20.8. The van der Waals surface area contributed by atoms with Crippen LogP contribution in [0, 0.1) is 5.82 Å². The molecular weight excluding hydrogens is 369 g/mol. The van der Waals surface area contributed by atoms with Crippen molar-refractivity contribution in [3.63, 3.8) is 0 Å². The van der Waals surface area contributed by atoms with E-state index in [0.717, 1.165) is 18.4 Å². The van der Waals surface area contributed by atoms with Gasteiger partial charge in [-0.1, -0.05) is 23.8 Å². The van der Waals surface area contributed by atoms with E-state index in [0.29, 0.717) is 29.7 Å². The monoisotopic (exact) mass is 393 g/mol. The van der Waals surface area contributed by atoms with E-state index in [1.807, 2.05) is 12.2 Å². The van der Waals surface area contributed by atoms with Crippen LogP contribution in [0.25, 0.3) is 5.57 Å². The van der Waals surface area contributed by atoms with Crippen molar-refractivity contribution in [2.45, 2.75) is 38.0 Å². The molecule has 0 atom stereocenters. The van der Waals surface area contributed by atoms with E-state index >= 15 is 0 Å². The van der Waals surface area contributed by atoms with Crippen LogP contribution in [0.15, 0.2) is 54.1 Å². The van der Waals surface area contributed by atoms with Gasteiger partial charge in [-0.3, -0.25) is 4.79 Å². The lowest BCUT2D eigenvalue weighted by atomic mass is 9.92. The number of rotatable bonds is 4. The number of benzene rings is 2. The van der Waals surface area contributed by atoms with Crippen LogP contribution in [0.1, 0.15) is 43.7 Å². The lowest BCUT2D eigenvalue weighted by Crippen LogP contribution is -2.36. The lowest BCUT2D eigenvalue weighted by molar-refractivity contribution is -0.120. The van der Waals surface area contributed by atoms with Crippen LogP contribution in [-0.2, 0) is 10.2 Å². The number of halogens is 1. The van der Waals surface area contributed by atoms with E-state index in [2.05, 4.69) is 6.92 Å². The second-order valence-corrected chi connectivity index (χ2v) is 8.02. The zero-order valence-corrected chi connectivity index (χ0v) is 16.6. The third-order valence-corrected chi connectivity index (χ3v) is 6.03. The van der Waals surface area contributed by atoms with E-state index in [9.17, 15) is 19.4 Å². The fourth-order valence-electron chi connectivity index (χ4n) is 3.94. The van der Waals surface area contributed by atoms with Crippen LogP contribution in [0.2, 0.25) is 0 Å². The summed E-state index contributed by atoms with van der Waals surface area (Å²) in [5, 5.41) is 19.4. The standard InChI is InChI=1S/C24H24FNO3/c1-15-3-5-16(6-4-15)19-14-18(8-9-20(19)25)26(2)23(29)24(11-12-24)17-7-10-21(27)22(28)13-17/h3,5,7-10,13-14,27-28H,4,6,11-12H2,1-2H3. The maximum absolute atomic E-state index is 14.5. The molecule has 0 aliphatic heterocycles. The third kappa shape index (κ3) is 3.41. The first-order chi connectivity index (χ1) is 13.8. The number of phenols is 2. The van der Waals surface area contributed by atoms with E-state index < -0.39 is 5.41 Å². The fraction of sp³-hybridized carbons (Fsp3) is 0.292. The van der Waals surface area contributed by atoms with E-state index in [1.54, 1.807) is 30.1 Å². The van der Waals surface area contributed by atoms with Crippen molar-refractivity contribution in [1.82, 2.24) is 0 Å². The summed E-state index contributed by atoms with van der Waals surface area (Å²) in [4.78, 5) is 14.9. The average molecular weight is 393 g/mol. The molecule has 2 aliphatic rings. The van der Waals surface area contributed by atoms with Crippen LogP contribution in [0.5, 0.6) is 11.5 Å². The molecular formula is C24H24FNO3. The summed E-state index contributed by atoms with van der Waals surface area (Å²) in [6.45, 7) is 2.06. The summed E-state index contributed by atoms with van der Waals surface area (Å²) in [6.07, 6.45) is 6.98. The molecule has 2 aromatic rings. The van der Waals surface area contributed by atoms with E-state index in [4.69, 9.17) is 0 Å². The average Bonchev–Trinajstić information content (AvgIpc) is 3.52. The highest BCUT2D eigenvalue weighted by Gasteiger charge is 2.53. The summed E-state index contributed by atoms with van der Waals surface area (Å²) in [5.74, 6) is -0.841. The van der Waals surface area contributed by atoms with Gasteiger partial charge in [0.15, 0.2) is 11.5 Å². The Morgan fingerprint density at radius 1 is 1.03 bits per heavy atom. The summed E-state index contributed by atoms with van der Waals surface area (Å²) in [6, 6.07) is 9.28. The van der Waals surface area contributed by atoms with Gasteiger partial charge in [0.25, 0.3) is 0 Å². The Labute approximate surface area is 169 Å². The largest absolute Gasteiger partial charge is 0.504 e. The van der Waals surface area contributed by atoms with Gasteiger partial charge in [0.2, 0.25) is 5.91 Å². The van der Waals surface area contributed by atoms with Gasteiger partial charge in [-0.25, -0.2) is 4.39 Å². The molecule has 150 valence electrons. The van der Waals surface area contributed by atoms with Crippen molar-refractivity contribution in [1.29, 1.82) is 0 Å². The minimum atomic E-state index is -0.710. The quantitative estimate of drug-likeness (QED) is 0.714. The van der Waals surface area contributed by atoms with Crippen LogP contribution in [0.3, 0.4) is 0 Å². The van der Waals surface area contributed by atoms with Crippen molar-refractivity contribution in [2.24, 2.45) is 0 Å². The predicted molar refractivity (Wildman–Crippen MR) is 111 cm³/mol. The Balaban J connectivity index is 1.64. The van der Waals surface area contributed by atoms with Crippen molar-refractivity contribution >= 4 is 17.2 Å². The third-order valence-electron chi connectivity index (χ3n) is 6.03. The first kappa shape index (κ1) is 19.2. The maximum Gasteiger partial charge on any atom is 0.237 e. The summed E-state index contributed by atoms with van der Waals surface area (Å²) >= 11 is 0. The second kappa shape index (κ2) is 7.07. The summed E-state index contributed by atoms with van der Waals surface area (Å²) in [7, 11) is 1.69. The Hall–Kier alpha value is -3.08. The Kier molecular flexibility index (Phi) is 4.69. The first-order valence-corrected chi connectivity index (χ1v) is 9.79. The smallest absolute Gasteiger partial charge is 0.237 e. The van der Waals surface area contributed by atoms with Gasteiger partial charge in [-0.2, -0.15) is 0 Å². The van der Waals surface area contributed by atoms with Gasteiger partial charge in [0.1, 0.15) is 5.82 Å². The highest BCUT2D eigenvalue weighted by atomic mass is 19.1. The molecule has 0 radical (unpaired) electrons. The maximum atomic E-state index is 14.5. The zero-order valence-electron chi connectivity index (χ0n) is 16.6. The number of allylic oxidation sites excluding steroid dienone is 4. The van der Waals surface area contributed by atoms with Crippen LogP contribution < -0.4 is 4.90 Å². The van der Waals surface area contributed by atoms with Gasteiger partial charge >= 0.3 is 0 Å². The summed E-state index contributed by atoms with van der Waals surface area (Å²) in [5.41, 5.74) is 3.33. The molecule has 1 amide bonds. The minimum absolute atomic E-state index is 0.103. The fourth-order valence-corrected chi connectivity index (χ4v) is 3.94. The molecule has 1 saturated carbocycles. The number of likely N-dealkylation sites (N-methyl/N-ethyl adjacent to an activating group) is 1. The number of carbonyl (C=O) groups excluding carboxylic acids is 1.